The van der Waals surface area contributed by atoms with E-state index in [2.05, 4.69) is 5.16 Å². The number of nitrogens with two attached hydrogens (primary N) is 1. The molecule has 3 N–H and O–H groups in total. The highest BCUT2D eigenvalue weighted by atomic mass is 16.5. The number of hydrogen-bond donors (Lipinski definition) is 2. The summed E-state index contributed by atoms with van der Waals surface area (Å²) in [6.07, 6.45) is 2.16. The maximum atomic E-state index is 10.9. The molecule has 1 unspecified atom stereocenters. The van der Waals surface area contributed by atoms with E-state index in [4.69, 9.17) is 19.8 Å². The third-order valence-corrected chi connectivity index (χ3v) is 3.02. The molecular weight excluding hydrogens is 224 g/mol. The zero-order valence-electron chi connectivity index (χ0n) is 8.84. The van der Waals surface area contributed by atoms with E-state index in [1.165, 1.54) is 12.3 Å². The van der Waals surface area contributed by atoms with Crippen molar-refractivity contribution in [3.63, 3.8) is 0 Å². The van der Waals surface area contributed by atoms with Crippen LogP contribution < -0.4 is 5.73 Å². The zero-order valence-corrected chi connectivity index (χ0v) is 8.84. The number of carboxylic acid groups (broad SMARTS) is 1. The maximum absolute atomic E-state index is 10.9. The molecule has 0 bridgehead atoms. The van der Waals surface area contributed by atoms with E-state index in [1.807, 2.05) is 0 Å². The molecule has 0 aromatic carbocycles. The molecule has 0 saturated heterocycles. The van der Waals surface area contributed by atoms with Crippen LogP contribution >= 0.6 is 0 Å². The molecule has 2 aromatic rings. The molecule has 3 rings (SSSR count). The molecular formula is C11H10N2O4. The summed E-state index contributed by atoms with van der Waals surface area (Å²) >= 11 is 0. The van der Waals surface area contributed by atoms with Crippen LogP contribution in [-0.2, 0) is 6.42 Å². The van der Waals surface area contributed by atoms with Crippen molar-refractivity contribution in [3.05, 3.63) is 29.3 Å². The lowest BCUT2D eigenvalue weighted by Gasteiger charge is -2.17. The molecule has 1 aliphatic carbocycles. The van der Waals surface area contributed by atoms with E-state index in [1.54, 1.807) is 0 Å². The van der Waals surface area contributed by atoms with Gasteiger partial charge in [0.1, 0.15) is 11.5 Å². The molecule has 1 atom stereocenters. The minimum atomic E-state index is -1.09. The first-order chi connectivity index (χ1) is 8.20. The molecule has 0 aliphatic heterocycles. The fourth-order valence-electron chi connectivity index (χ4n) is 2.16. The number of carboxylic acids is 1. The van der Waals surface area contributed by atoms with Crippen LogP contribution in [0.25, 0.3) is 11.3 Å². The Morgan fingerprint density at radius 2 is 2.47 bits per heavy atom. The summed E-state index contributed by atoms with van der Waals surface area (Å²) in [4.78, 5) is 10.9. The topological polar surface area (TPSA) is 102 Å². The summed E-state index contributed by atoms with van der Waals surface area (Å²) < 4.78 is 10.4. The number of fused-ring (bicyclic) bond motifs is 3. The van der Waals surface area contributed by atoms with Crippen molar-refractivity contribution in [3.8, 4) is 11.3 Å². The van der Waals surface area contributed by atoms with Crippen LogP contribution in [0, 0.1) is 0 Å². The van der Waals surface area contributed by atoms with Gasteiger partial charge >= 0.3 is 5.97 Å². The summed E-state index contributed by atoms with van der Waals surface area (Å²) in [5.41, 5.74) is 7.22. The fourth-order valence-corrected chi connectivity index (χ4v) is 2.16. The molecule has 0 radical (unpaired) electrons. The number of furan rings is 1. The van der Waals surface area contributed by atoms with Crippen LogP contribution in [0.3, 0.4) is 0 Å². The fraction of sp³-hybridized carbons (Fsp3) is 0.273. The van der Waals surface area contributed by atoms with E-state index in [0.29, 0.717) is 24.5 Å². The highest BCUT2D eigenvalue weighted by molar-refractivity contribution is 5.86. The molecule has 1 aliphatic rings. The second kappa shape index (κ2) is 3.46. The Balaban J connectivity index is 2.20. The van der Waals surface area contributed by atoms with Crippen LogP contribution in [0.2, 0.25) is 0 Å². The van der Waals surface area contributed by atoms with Crippen molar-refractivity contribution in [2.45, 2.75) is 12.3 Å². The number of aromatic nitrogens is 1. The highest BCUT2D eigenvalue weighted by Crippen LogP contribution is 2.41. The minimum absolute atomic E-state index is 0.0160. The van der Waals surface area contributed by atoms with Gasteiger partial charge in [0.15, 0.2) is 0 Å². The van der Waals surface area contributed by atoms with Crippen molar-refractivity contribution in [1.29, 1.82) is 0 Å². The Morgan fingerprint density at radius 3 is 3.18 bits per heavy atom. The van der Waals surface area contributed by atoms with Gasteiger partial charge in [-0.05, 0) is 12.6 Å². The van der Waals surface area contributed by atoms with E-state index < -0.39 is 5.97 Å². The van der Waals surface area contributed by atoms with Crippen molar-refractivity contribution in [2.24, 2.45) is 5.73 Å². The molecule has 17 heavy (non-hydrogen) atoms. The first-order valence-electron chi connectivity index (χ1n) is 5.21. The third-order valence-electron chi connectivity index (χ3n) is 3.02. The van der Waals surface area contributed by atoms with E-state index in [9.17, 15) is 4.79 Å². The van der Waals surface area contributed by atoms with Crippen LogP contribution in [0.4, 0.5) is 0 Å². The van der Waals surface area contributed by atoms with Crippen molar-refractivity contribution in [1.82, 2.24) is 5.16 Å². The van der Waals surface area contributed by atoms with Crippen LogP contribution in [-0.4, -0.2) is 22.8 Å². The van der Waals surface area contributed by atoms with Gasteiger partial charge in [-0.25, -0.2) is 4.79 Å². The van der Waals surface area contributed by atoms with E-state index >= 15 is 0 Å². The minimum Gasteiger partial charge on any atom is -0.475 e. The molecule has 2 aromatic heterocycles. The van der Waals surface area contributed by atoms with E-state index in [0.717, 1.165) is 11.1 Å². The standard InChI is InChI=1S/C11H10N2O4/c12-3-5-1-8-7(4-13-17-8)10-6(5)2-9(16-10)11(14)15/h2,4-5H,1,3,12H2,(H,14,15). The molecule has 2 heterocycles. The average molecular weight is 234 g/mol. The highest BCUT2D eigenvalue weighted by Gasteiger charge is 2.31. The van der Waals surface area contributed by atoms with Crippen LogP contribution in [0.1, 0.15) is 27.8 Å². The Kier molecular flexibility index (Phi) is 2.05. The number of hydrogen-bond acceptors (Lipinski definition) is 5. The predicted octanol–water partition coefficient (Wildman–Crippen LogP) is 1.23. The lowest BCUT2D eigenvalue weighted by atomic mass is 9.87. The number of rotatable bonds is 2. The van der Waals surface area contributed by atoms with Gasteiger partial charge in [-0.15, -0.1) is 0 Å². The van der Waals surface area contributed by atoms with Gasteiger partial charge in [0.25, 0.3) is 0 Å². The van der Waals surface area contributed by atoms with Crippen molar-refractivity contribution in [2.75, 3.05) is 6.54 Å². The maximum Gasteiger partial charge on any atom is 0.371 e. The molecule has 0 saturated carbocycles. The van der Waals surface area contributed by atoms with Gasteiger partial charge in [-0.1, -0.05) is 5.16 Å². The third kappa shape index (κ3) is 1.38. The lowest BCUT2D eigenvalue weighted by molar-refractivity contribution is 0.0663. The molecule has 88 valence electrons. The number of carbonyl (C=O) groups is 1. The first kappa shape index (κ1) is 10.1. The molecule has 6 heteroatoms. The second-order valence-corrected chi connectivity index (χ2v) is 4.00. The summed E-state index contributed by atoms with van der Waals surface area (Å²) in [7, 11) is 0. The van der Waals surface area contributed by atoms with Gasteiger partial charge < -0.3 is 19.8 Å². The number of aromatic carboxylic acids is 1. The predicted molar refractivity (Wildman–Crippen MR) is 56.7 cm³/mol. The Morgan fingerprint density at radius 1 is 1.65 bits per heavy atom. The summed E-state index contributed by atoms with van der Waals surface area (Å²) in [5.74, 6) is 0.0533. The van der Waals surface area contributed by atoms with Gasteiger partial charge in [0.05, 0.1) is 11.8 Å². The lowest BCUT2D eigenvalue weighted by Crippen LogP contribution is -2.17. The first-order valence-corrected chi connectivity index (χ1v) is 5.21. The Labute approximate surface area is 96.0 Å². The quantitative estimate of drug-likeness (QED) is 0.810. The van der Waals surface area contributed by atoms with Gasteiger partial charge in [0, 0.05) is 17.9 Å². The molecule has 6 nitrogen and oxygen atoms in total. The van der Waals surface area contributed by atoms with Crippen molar-refractivity contribution >= 4 is 5.97 Å². The normalized spacial score (nSPS) is 17.6. The Hall–Kier alpha value is -2.08. The average Bonchev–Trinajstić information content (AvgIpc) is 2.92. The van der Waals surface area contributed by atoms with Gasteiger partial charge in [-0.3, -0.25) is 0 Å². The van der Waals surface area contributed by atoms with Gasteiger partial charge in [0.2, 0.25) is 5.76 Å². The monoisotopic (exact) mass is 234 g/mol. The number of nitrogens with zero attached hydrogens (tertiary/aromatic N) is 1. The summed E-state index contributed by atoms with van der Waals surface area (Å²) in [6.45, 7) is 0.408. The van der Waals surface area contributed by atoms with Gasteiger partial charge in [-0.2, -0.15) is 0 Å². The molecule has 0 amide bonds. The summed E-state index contributed by atoms with van der Waals surface area (Å²) in [6, 6.07) is 1.53. The molecule has 0 fully saturated rings. The van der Waals surface area contributed by atoms with Crippen LogP contribution in [0.15, 0.2) is 21.2 Å². The summed E-state index contributed by atoms with van der Waals surface area (Å²) in [5, 5.41) is 12.6. The zero-order chi connectivity index (χ0) is 12.0. The van der Waals surface area contributed by atoms with Crippen LogP contribution in [0.5, 0.6) is 0 Å². The SMILES string of the molecule is NCC1Cc2oncc2-c2oc(C(=O)O)cc21. The van der Waals surface area contributed by atoms with E-state index in [-0.39, 0.29) is 11.7 Å². The second-order valence-electron chi connectivity index (χ2n) is 4.00. The largest absolute Gasteiger partial charge is 0.475 e. The van der Waals surface area contributed by atoms with Crippen molar-refractivity contribution < 1.29 is 18.8 Å². The Bertz CT molecular complexity index is 584. The smallest absolute Gasteiger partial charge is 0.371 e. The molecule has 0 spiro atoms.